The van der Waals surface area contributed by atoms with Gasteiger partial charge < -0.3 is 10.3 Å². The number of rotatable bonds is 4. The lowest BCUT2D eigenvalue weighted by Crippen LogP contribution is -2.22. The molecular formula is C15H16BrN3S. The van der Waals surface area contributed by atoms with E-state index in [0.29, 0.717) is 6.04 Å². The lowest BCUT2D eigenvalue weighted by molar-refractivity contribution is 0.485. The summed E-state index contributed by atoms with van der Waals surface area (Å²) in [5.41, 5.74) is 2.10. The fraction of sp³-hybridized carbons (Fsp3) is 0.267. The number of nitrogens with one attached hydrogen (secondary N) is 2. The normalized spacial score (nSPS) is 14.6. The lowest BCUT2D eigenvalue weighted by Gasteiger charge is -2.17. The van der Waals surface area contributed by atoms with Gasteiger partial charge in [0.2, 0.25) is 0 Å². The fourth-order valence-corrected chi connectivity index (χ4v) is 3.73. The van der Waals surface area contributed by atoms with E-state index < -0.39 is 0 Å². The number of aromatic amines is 1. The Kier molecular flexibility index (Phi) is 3.92. The van der Waals surface area contributed by atoms with Crippen molar-refractivity contribution in [3.63, 3.8) is 0 Å². The van der Waals surface area contributed by atoms with Gasteiger partial charge in [-0.1, -0.05) is 12.1 Å². The van der Waals surface area contributed by atoms with Crippen molar-refractivity contribution in [3.8, 4) is 0 Å². The predicted molar refractivity (Wildman–Crippen MR) is 88.1 cm³/mol. The monoisotopic (exact) mass is 349 g/mol. The molecule has 3 aromatic rings. The molecule has 1 aromatic carbocycles. The molecule has 0 fully saturated rings. The van der Waals surface area contributed by atoms with Crippen molar-refractivity contribution in [1.82, 2.24) is 15.3 Å². The first-order valence-electron chi connectivity index (χ1n) is 6.58. The molecule has 3 nitrogen and oxygen atoms in total. The van der Waals surface area contributed by atoms with Gasteiger partial charge in [-0.3, -0.25) is 0 Å². The van der Waals surface area contributed by atoms with E-state index in [-0.39, 0.29) is 6.04 Å². The Balaban J connectivity index is 1.76. The second-order valence-electron chi connectivity index (χ2n) is 4.92. The topological polar surface area (TPSA) is 40.7 Å². The summed E-state index contributed by atoms with van der Waals surface area (Å²) in [7, 11) is 0. The van der Waals surface area contributed by atoms with Gasteiger partial charge in [0.25, 0.3) is 0 Å². The number of halogens is 1. The zero-order valence-corrected chi connectivity index (χ0v) is 13.8. The van der Waals surface area contributed by atoms with Crippen LogP contribution < -0.4 is 5.32 Å². The molecule has 0 amide bonds. The SMILES string of the molecule is CC(NC(C)c1cc(Br)cs1)c1nc2ccccc2[nH]1. The van der Waals surface area contributed by atoms with Crippen molar-refractivity contribution in [2.75, 3.05) is 0 Å². The van der Waals surface area contributed by atoms with Crippen LogP contribution in [0.2, 0.25) is 0 Å². The van der Waals surface area contributed by atoms with Crippen LogP contribution in [0.1, 0.15) is 36.6 Å². The number of thiophene rings is 1. The van der Waals surface area contributed by atoms with Crippen LogP contribution in [-0.4, -0.2) is 9.97 Å². The summed E-state index contributed by atoms with van der Waals surface area (Å²) >= 11 is 5.26. The number of hydrogen-bond acceptors (Lipinski definition) is 3. The van der Waals surface area contributed by atoms with Gasteiger partial charge in [-0.15, -0.1) is 11.3 Å². The summed E-state index contributed by atoms with van der Waals surface area (Å²) < 4.78 is 1.14. The Morgan fingerprint density at radius 1 is 1.25 bits per heavy atom. The van der Waals surface area contributed by atoms with E-state index in [4.69, 9.17) is 0 Å². The van der Waals surface area contributed by atoms with Gasteiger partial charge in [0, 0.05) is 20.8 Å². The molecule has 2 atom stereocenters. The lowest BCUT2D eigenvalue weighted by atomic mass is 10.2. The van der Waals surface area contributed by atoms with Crippen LogP contribution in [-0.2, 0) is 0 Å². The number of aromatic nitrogens is 2. The van der Waals surface area contributed by atoms with E-state index in [2.05, 4.69) is 62.6 Å². The van der Waals surface area contributed by atoms with Crippen molar-refractivity contribution in [2.45, 2.75) is 25.9 Å². The van der Waals surface area contributed by atoms with Crippen molar-refractivity contribution in [1.29, 1.82) is 0 Å². The fourth-order valence-electron chi connectivity index (χ4n) is 2.27. The van der Waals surface area contributed by atoms with E-state index in [1.165, 1.54) is 4.88 Å². The van der Waals surface area contributed by atoms with Crippen LogP contribution in [0.4, 0.5) is 0 Å². The Morgan fingerprint density at radius 2 is 2.05 bits per heavy atom. The zero-order chi connectivity index (χ0) is 14.1. The molecule has 2 unspecified atom stereocenters. The molecule has 2 N–H and O–H groups in total. The summed E-state index contributed by atoms with van der Waals surface area (Å²) in [6, 6.07) is 10.8. The summed E-state index contributed by atoms with van der Waals surface area (Å²) in [5.74, 6) is 0.980. The largest absolute Gasteiger partial charge is 0.341 e. The minimum Gasteiger partial charge on any atom is -0.341 e. The van der Waals surface area contributed by atoms with Crippen LogP contribution in [0.5, 0.6) is 0 Å². The molecule has 5 heteroatoms. The van der Waals surface area contributed by atoms with Crippen molar-refractivity contribution in [3.05, 3.63) is 50.9 Å². The molecule has 0 spiro atoms. The van der Waals surface area contributed by atoms with Crippen LogP contribution in [0, 0.1) is 0 Å². The minimum absolute atomic E-state index is 0.179. The van der Waals surface area contributed by atoms with Crippen molar-refractivity contribution >= 4 is 38.3 Å². The highest BCUT2D eigenvalue weighted by atomic mass is 79.9. The number of hydrogen-bond donors (Lipinski definition) is 2. The molecule has 2 heterocycles. The molecule has 0 aliphatic heterocycles. The smallest absolute Gasteiger partial charge is 0.124 e. The van der Waals surface area contributed by atoms with Gasteiger partial charge in [-0.25, -0.2) is 4.98 Å². The number of nitrogens with zero attached hydrogens (tertiary/aromatic N) is 1. The van der Waals surface area contributed by atoms with E-state index in [1.54, 1.807) is 11.3 Å². The van der Waals surface area contributed by atoms with Gasteiger partial charge in [0.05, 0.1) is 17.1 Å². The van der Waals surface area contributed by atoms with E-state index in [9.17, 15) is 0 Å². The van der Waals surface area contributed by atoms with Crippen LogP contribution in [0.3, 0.4) is 0 Å². The number of para-hydroxylation sites is 2. The summed E-state index contributed by atoms with van der Waals surface area (Å²) in [5, 5.41) is 5.69. The quantitative estimate of drug-likeness (QED) is 0.710. The maximum absolute atomic E-state index is 4.64. The predicted octanol–water partition coefficient (Wildman–Crippen LogP) is 4.80. The van der Waals surface area contributed by atoms with Crippen LogP contribution in [0.15, 0.2) is 40.2 Å². The van der Waals surface area contributed by atoms with Gasteiger partial charge in [0.1, 0.15) is 5.82 Å². The third-order valence-electron chi connectivity index (χ3n) is 3.33. The first-order valence-corrected chi connectivity index (χ1v) is 8.25. The van der Waals surface area contributed by atoms with Crippen LogP contribution >= 0.6 is 27.3 Å². The van der Waals surface area contributed by atoms with Crippen molar-refractivity contribution in [2.24, 2.45) is 0 Å². The maximum atomic E-state index is 4.64. The zero-order valence-electron chi connectivity index (χ0n) is 11.4. The average molecular weight is 350 g/mol. The molecule has 0 saturated carbocycles. The Morgan fingerprint density at radius 3 is 2.75 bits per heavy atom. The molecule has 0 saturated heterocycles. The van der Waals surface area contributed by atoms with E-state index in [1.807, 2.05) is 18.2 Å². The molecule has 2 aromatic heterocycles. The highest BCUT2D eigenvalue weighted by molar-refractivity contribution is 9.10. The second-order valence-corrected chi connectivity index (χ2v) is 6.78. The Hall–Kier alpha value is -1.17. The molecular weight excluding hydrogens is 334 g/mol. The molecule has 0 bridgehead atoms. The third kappa shape index (κ3) is 2.80. The van der Waals surface area contributed by atoms with Gasteiger partial charge in [0.15, 0.2) is 0 Å². The maximum Gasteiger partial charge on any atom is 0.124 e. The second kappa shape index (κ2) is 5.68. The first-order chi connectivity index (χ1) is 9.63. The third-order valence-corrected chi connectivity index (χ3v) is 5.21. The molecule has 20 heavy (non-hydrogen) atoms. The van der Waals surface area contributed by atoms with E-state index in [0.717, 1.165) is 21.3 Å². The number of imidazole rings is 1. The van der Waals surface area contributed by atoms with Gasteiger partial charge in [-0.2, -0.15) is 0 Å². The summed E-state index contributed by atoms with van der Waals surface area (Å²) in [6.45, 7) is 4.31. The summed E-state index contributed by atoms with van der Waals surface area (Å²) in [6.07, 6.45) is 0. The minimum atomic E-state index is 0.179. The molecule has 0 radical (unpaired) electrons. The molecule has 0 aliphatic rings. The average Bonchev–Trinajstić information content (AvgIpc) is 3.04. The first kappa shape index (κ1) is 13.8. The van der Waals surface area contributed by atoms with Crippen molar-refractivity contribution < 1.29 is 0 Å². The van der Waals surface area contributed by atoms with E-state index >= 15 is 0 Å². The molecule has 0 aliphatic carbocycles. The standard InChI is InChI=1S/C15H16BrN3S/c1-9(14-7-11(16)8-20-14)17-10(2)15-18-12-5-3-4-6-13(12)19-15/h3-10,17H,1-2H3,(H,18,19). The van der Waals surface area contributed by atoms with Gasteiger partial charge in [-0.05, 0) is 48.0 Å². The molecule has 3 rings (SSSR count). The Bertz CT molecular complexity index is 686. The highest BCUT2D eigenvalue weighted by Crippen LogP contribution is 2.27. The number of fused-ring (bicyclic) bond motifs is 1. The van der Waals surface area contributed by atoms with Gasteiger partial charge >= 0.3 is 0 Å². The summed E-state index contributed by atoms with van der Waals surface area (Å²) in [4.78, 5) is 9.34. The number of H-pyrrole nitrogens is 1. The van der Waals surface area contributed by atoms with Crippen LogP contribution in [0.25, 0.3) is 11.0 Å². The highest BCUT2D eigenvalue weighted by Gasteiger charge is 2.15. The number of benzene rings is 1. The molecule has 104 valence electrons. The Labute approximate surface area is 130 Å².